The minimum Gasteiger partial charge on any atom is -0.510 e. The summed E-state index contributed by atoms with van der Waals surface area (Å²) in [6, 6.07) is 9.09. The molecule has 0 fully saturated rings. The third-order valence-corrected chi connectivity index (χ3v) is 3.59. The van der Waals surface area contributed by atoms with Crippen molar-refractivity contribution in [2.24, 2.45) is 17.3 Å². The molecule has 0 aliphatic carbocycles. The van der Waals surface area contributed by atoms with E-state index in [0.29, 0.717) is 11.4 Å². The lowest BCUT2D eigenvalue weighted by Crippen LogP contribution is -2.19. The molecule has 1 heterocycles. The summed E-state index contributed by atoms with van der Waals surface area (Å²) in [6.07, 6.45) is 0. The van der Waals surface area contributed by atoms with Gasteiger partial charge in [0.1, 0.15) is 5.76 Å². The normalized spacial score (nSPS) is 12.3. The van der Waals surface area contributed by atoms with Crippen LogP contribution in [0.2, 0.25) is 0 Å². The van der Waals surface area contributed by atoms with Gasteiger partial charge in [-0.05, 0) is 32.9 Å². The molecule has 2 rings (SSSR count). The second kappa shape index (κ2) is 7.61. The molecule has 0 bridgehead atoms. The van der Waals surface area contributed by atoms with E-state index in [-0.39, 0.29) is 29.3 Å². The van der Waals surface area contributed by atoms with Gasteiger partial charge in [-0.25, -0.2) is 9.48 Å². The molecule has 0 atom stereocenters. The Kier molecular flexibility index (Phi) is 5.53. The minimum atomic E-state index is -0.803. The van der Waals surface area contributed by atoms with E-state index in [1.807, 2.05) is 18.2 Å². The van der Waals surface area contributed by atoms with E-state index in [2.05, 4.69) is 10.2 Å². The van der Waals surface area contributed by atoms with Crippen molar-refractivity contribution < 1.29 is 14.6 Å². The number of allylic oxidation sites excluding steroid dienone is 1. The number of carbonyl (C=O) groups is 1. The van der Waals surface area contributed by atoms with E-state index < -0.39 is 5.97 Å². The van der Waals surface area contributed by atoms with Crippen LogP contribution in [-0.4, -0.2) is 27.0 Å². The van der Waals surface area contributed by atoms with Gasteiger partial charge < -0.3 is 9.84 Å². The predicted molar refractivity (Wildman–Crippen MR) is 92.2 cm³/mol. The van der Waals surface area contributed by atoms with Crippen molar-refractivity contribution in [3.8, 4) is 5.69 Å². The van der Waals surface area contributed by atoms with Gasteiger partial charge in [0.25, 0.3) is 5.56 Å². The van der Waals surface area contributed by atoms with E-state index in [1.165, 1.54) is 11.6 Å². The Bertz CT molecular complexity index is 887. The molecule has 8 heteroatoms. The van der Waals surface area contributed by atoms with Gasteiger partial charge in [-0.2, -0.15) is 0 Å². The van der Waals surface area contributed by atoms with Gasteiger partial charge in [-0.15, -0.1) is 10.2 Å². The first-order valence-corrected chi connectivity index (χ1v) is 7.71. The van der Waals surface area contributed by atoms with Crippen LogP contribution in [-0.2, 0) is 16.6 Å². The van der Waals surface area contributed by atoms with Gasteiger partial charge in [-0.1, -0.05) is 18.2 Å². The zero-order valence-electron chi connectivity index (χ0n) is 14.6. The fourth-order valence-corrected chi connectivity index (χ4v) is 2.23. The summed E-state index contributed by atoms with van der Waals surface area (Å²) in [5.41, 5.74) is 0.606. The molecule has 1 aromatic carbocycles. The lowest BCUT2D eigenvalue weighted by Gasteiger charge is -2.07. The molecular formula is C17H20N4O4. The maximum Gasteiger partial charge on any atom is 0.362 e. The highest BCUT2D eigenvalue weighted by atomic mass is 16.5. The molecule has 25 heavy (non-hydrogen) atoms. The first-order chi connectivity index (χ1) is 11.9. The number of ether oxygens (including phenoxy) is 1. The zero-order chi connectivity index (χ0) is 18.6. The number of aliphatic hydroxyl groups is 1. The van der Waals surface area contributed by atoms with Crippen LogP contribution in [0.25, 0.3) is 5.69 Å². The van der Waals surface area contributed by atoms with Crippen LogP contribution in [0.5, 0.6) is 0 Å². The molecule has 0 radical (unpaired) electrons. The van der Waals surface area contributed by atoms with E-state index >= 15 is 0 Å². The second-order valence-corrected chi connectivity index (χ2v) is 5.26. The Morgan fingerprint density at radius 1 is 1.28 bits per heavy atom. The van der Waals surface area contributed by atoms with Crippen molar-refractivity contribution in [3.63, 3.8) is 0 Å². The highest BCUT2D eigenvalue weighted by Gasteiger charge is 2.18. The third-order valence-electron chi connectivity index (χ3n) is 3.59. The number of rotatable bonds is 5. The van der Waals surface area contributed by atoms with Crippen molar-refractivity contribution >= 4 is 11.7 Å². The molecule has 0 spiro atoms. The van der Waals surface area contributed by atoms with Crippen LogP contribution in [0.4, 0.5) is 5.69 Å². The van der Waals surface area contributed by atoms with E-state index in [0.717, 1.165) is 0 Å². The third kappa shape index (κ3) is 3.68. The zero-order valence-corrected chi connectivity index (χ0v) is 14.6. The Balaban J connectivity index is 2.50. The summed E-state index contributed by atoms with van der Waals surface area (Å²) in [7, 11) is 1.72. The average Bonchev–Trinajstić information content (AvgIpc) is 2.79. The van der Waals surface area contributed by atoms with Crippen LogP contribution in [0.15, 0.2) is 56.8 Å². The van der Waals surface area contributed by atoms with Gasteiger partial charge in [0, 0.05) is 7.05 Å². The Morgan fingerprint density at radius 2 is 1.92 bits per heavy atom. The number of aliphatic hydroxyl groups excluding tert-OH is 1. The molecule has 0 saturated heterocycles. The van der Waals surface area contributed by atoms with Crippen molar-refractivity contribution in [2.45, 2.75) is 20.8 Å². The fraction of sp³-hybridized carbons (Fsp3) is 0.294. The van der Waals surface area contributed by atoms with Crippen LogP contribution < -0.4 is 5.56 Å². The lowest BCUT2D eigenvalue weighted by molar-refractivity contribution is -0.138. The van der Waals surface area contributed by atoms with E-state index in [4.69, 9.17) is 4.74 Å². The number of hydrogen-bond donors (Lipinski definition) is 1. The van der Waals surface area contributed by atoms with E-state index in [9.17, 15) is 14.7 Å². The molecule has 0 amide bonds. The lowest BCUT2D eigenvalue weighted by atomic mass is 10.3. The molecule has 2 aromatic rings. The van der Waals surface area contributed by atoms with Crippen molar-refractivity contribution in [1.82, 2.24) is 9.36 Å². The molecule has 132 valence electrons. The van der Waals surface area contributed by atoms with Crippen molar-refractivity contribution in [2.75, 3.05) is 6.61 Å². The quantitative estimate of drug-likeness (QED) is 0.390. The molecular weight excluding hydrogens is 324 g/mol. The second-order valence-electron chi connectivity index (χ2n) is 5.26. The Hall–Kier alpha value is -3.16. The summed E-state index contributed by atoms with van der Waals surface area (Å²) in [6.45, 7) is 4.79. The SMILES string of the molecule is CCOC(=O)C(N=Nc1c(C)n(C)n(-c2ccccc2)c1=O)=C(C)O. The highest BCUT2D eigenvalue weighted by molar-refractivity contribution is 5.88. The maximum absolute atomic E-state index is 12.7. The van der Waals surface area contributed by atoms with E-state index in [1.54, 1.807) is 37.7 Å². The molecule has 0 saturated carbocycles. The largest absolute Gasteiger partial charge is 0.510 e. The summed E-state index contributed by atoms with van der Waals surface area (Å²) in [5, 5.41) is 17.2. The van der Waals surface area contributed by atoms with Gasteiger partial charge in [-0.3, -0.25) is 9.48 Å². The number of esters is 1. The number of benzene rings is 1. The van der Waals surface area contributed by atoms with Crippen LogP contribution >= 0.6 is 0 Å². The molecule has 1 N–H and O–H groups in total. The smallest absolute Gasteiger partial charge is 0.362 e. The highest BCUT2D eigenvalue weighted by Crippen LogP contribution is 2.19. The first-order valence-electron chi connectivity index (χ1n) is 7.71. The maximum atomic E-state index is 12.7. The number of nitrogens with zero attached hydrogens (tertiary/aromatic N) is 4. The van der Waals surface area contributed by atoms with Gasteiger partial charge in [0.15, 0.2) is 5.69 Å². The Labute approximate surface area is 144 Å². The van der Waals surface area contributed by atoms with Gasteiger partial charge in [0.05, 0.1) is 18.0 Å². The number of para-hydroxylation sites is 1. The molecule has 0 aliphatic heterocycles. The minimum absolute atomic E-state index is 0.0781. The van der Waals surface area contributed by atoms with Gasteiger partial charge >= 0.3 is 5.97 Å². The topological polar surface area (TPSA) is 98.2 Å². The van der Waals surface area contributed by atoms with Crippen LogP contribution in [0.3, 0.4) is 0 Å². The number of azo groups is 1. The molecule has 8 nitrogen and oxygen atoms in total. The summed E-state index contributed by atoms with van der Waals surface area (Å²) in [5.74, 6) is -1.14. The number of hydrogen-bond acceptors (Lipinski definition) is 6. The van der Waals surface area contributed by atoms with Crippen molar-refractivity contribution in [1.29, 1.82) is 0 Å². The average molecular weight is 344 g/mol. The fourth-order valence-electron chi connectivity index (χ4n) is 2.23. The van der Waals surface area contributed by atoms with Gasteiger partial charge in [0.2, 0.25) is 5.70 Å². The van der Waals surface area contributed by atoms with Crippen LogP contribution in [0.1, 0.15) is 19.5 Å². The molecule has 0 unspecified atom stereocenters. The summed E-state index contributed by atoms with van der Waals surface area (Å²) in [4.78, 5) is 24.5. The monoisotopic (exact) mass is 344 g/mol. The predicted octanol–water partition coefficient (Wildman–Crippen LogP) is 2.92. The molecule has 0 aliphatic rings. The Morgan fingerprint density at radius 3 is 2.48 bits per heavy atom. The standard InChI is InChI=1S/C17H20N4O4/c1-5-25-17(24)15(12(3)22)19-18-14-11(2)20(4)21(16(14)23)13-9-7-6-8-10-13/h6-10,22H,5H2,1-4H3. The first kappa shape index (κ1) is 18.2. The number of carbonyl (C=O) groups excluding carboxylic acids is 1. The molecule has 1 aromatic heterocycles. The van der Waals surface area contributed by atoms with Crippen LogP contribution in [0, 0.1) is 6.92 Å². The summed E-state index contributed by atoms with van der Waals surface area (Å²) >= 11 is 0. The number of aromatic nitrogens is 2. The van der Waals surface area contributed by atoms with Crippen molar-refractivity contribution in [3.05, 3.63) is 57.8 Å². The summed E-state index contributed by atoms with van der Waals surface area (Å²) < 4.78 is 7.91.